The number of hydrogen-bond donors (Lipinski definition) is 1. The van der Waals surface area contributed by atoms with Gasteiger partial charge in [0.15, 0.2) is 9.84 Å². The summed E-state index contributed by atoms with van der Waals surface area (Å²) in [5.74, 6) is 0.813. The van der Waals surface area contributed by atoms with Crippen molar-refractivity contribution in [1.29, 1.82) is 0 Å². The lowest BCUT2D eigenvalue weighted by Crippen LogP contribution is -2.13. The average molecular weight is 401 g/mol. The van der Waals surface area contributed by atoms with Crippen LogP contribution in [0, 0.1) is 6.92 Å². The van der Waals surface area contributed by atoms with Crippen molar-refractivity contribution in [2.24, 2.45) is 5.73 Å². The molecule has 8 nitrogen and oxygen atoms in total. The van der Waals surface area contributed by atoms with Gasteiger partial charge >= 0.3 is 0 Å². The SMILES string of the molecule is Cc1ncc(-c2ccc(S(=O)(=O)C(C)C)cc2)nc1-c1nnc(CCCN)o1. The first-order valence-electron chi connectivity index (χ1n) is 9.03. The molecule has 0 amide bonds. The van der Waals surface area contributed by atoms with Gasteiger partial charge in [0.1, 0.15) is 5.69 Å². The lowest BCUT2D eigenvalue weighted by atomic mass is 10.1. The Kier molecular flexibility index (Phi) is 5.85. The molecule has 1 aromatic carbocycles. The van der Waals surface area contributed by atoms with Gasteiger partial charge in [-0.05, 0) is 45.9 Å². The van der Waals surface area contributed by atoms with Crippen molar-refractivity contribution < 1.29 is 12.8 Å². The Hall–Kier alpha value is -2.65. The van der Waals surface area contributed by atoms with E-state index in [4.69, 9.17) is 10.2 Å². The van der Waals surface area contributed by atoms with E-state index in [1.54, 1.807) is 44.3 Å². The predicted molar refractivity (Wildman–Crippen MR) is 105 cm³/mol. The number of nitrogens with zero attached hydrogens (tertiary/aromatic N) is 4. The van der Waals surface area contributed by atoms with Gasteiger partial charge in [-0.25, -0.2) is 13.4 Å². The Labute approximate surface area is 164 Å². The standard InChI is InChI=1S/C19H23N5O3S/c1-12(2)28(25,26)15-8-6-14(7-9-15)16-11-21-13(3)18(22-16)19-24-23-17(27-19)5-4-10-20/h6-9,11-12H,4-5,10,20H2,1-3H3. The van der Waals surface area contributed by atoms with Crippen molar-refractivity contribution in [3.05, 3.63) is 42.0 Å². The van der Waals surface area contributed by atoms with Crippen molar-refractivity contribution in [3.8, 4) is 22.8 Å². The zero-order valence-electron chi connectivity index (χ0n) is 16.1. The maximum absolute atomic E-state index is 12.3. The molecule has 0 aliphatic carbocycles. The van der Waals surface area contributed by atoms with Crippen LogP contribution in [-0.2, 0) is 16.3 Å². The molecule has 3 rings (SSSR count). The molecule has 0 atom stereocenters. The van der Waals surface area contributed by atoms with E-state index in [1.165, 1.54) is 0 Å². The zero-order valence-corrected chi connectivity index (χ0v) is 16.9. The van der Waals surface area contributed by atoms with Gasteiger partial charge in [0.05, 0.1) is 27.7 Å². The monoisotopic (exact) mass is 401 g/mol. The van der Waals surface area contributed by atoms with Crippen LogP contribution in [0.15, 0.2) is 39.8 Å². The van der Waals surface area contributed by atoms with Crippen LogP contribution in [0.25, 0.3) is 22.8 Å². The molecule has 2 N–H and O–H groups in total. The minimum atomic E-state index is -3.32. The van der Waals surface area contributed by atoms with E-state index in [0.29, 0.717) is 41.8 Å². The van der Waals surface area contributed by atoms with Crippen LogP contribution >= 0.6 is 0 Å². The van der Waals surface area contributed by atoms with Crippen molar-refractivity contribution in [2.75, 3.05) is 6.54 Å². The minimum Gasteiger partial charge on any atom is -0.419 e. The summed E-state index contributed by atoms with van der Waals surface area (Å²) in [6.07, 6.45) is 3.01. The molecule has 2 heterocycles. The molecule has 0 spiro atoms. The first kappa shape index (κ1) is 20.1. The molecular weight excluding hydrogens is 378 g/mol. The topological polar surface area (TPSA) is 125 Å². The van der Waals surface area contributed by atoms with Gasteiger partial charge in [0.2, 0.25) is 5.89 Å². The van der Waals surface area contributed by atoms with Crippen LogP contribution in [0.1, 0.15) is 31.9 Å². The number of sulfone groups is 1. The van der Waals surface area contributed by atoms with Crippen LogP contribution in [0.2, 0.25) is 0 Å². The maximum Gasteiger partial charge on any atom is 0.268 e. The molecule has 28 heavy (non-hydrogen) atoms. The second-order valence-corrected chi connectivity index (χ2v) is 9.20. The van der Waals surface area contributed by atoms with Crippen molar-refractivity contribution in [2.45, 2.75) is 43.8 Å². The molecule has 0 aliphatic heterocycles. The molecule has 0 bridgehead atoms. The second-order valence-electron chi connectivity index (χ2n) is 6.70. The molecule has 0 radical (unpaired) electrons. The van der Waals surface area contributed by atoms with Gasteiger partial charge in [-0.3, -0.25) is 4.98 Å². The Bertz CT molecular complexity index is 1060. The predicted octanol–water partition coefficient (Wildman–Crippen LogP) is 2.58. The molecule has 3 aromatic rings. The normalized spacial score (nSPS) is 11.9. The average Bonchev–Trinajstić information content (AvgIpc) is 3.15. The molecule has 2 aromatic heterocycles. The molecule has 0 aliphatic rings. The van der Waals surface area contributed by atoms with Gasteiger partial charge in [-0.2, -0.15) is 0 Å². The third-order valence-electron chi connectivity index (χ3n) is 4.32. The maximum atomic E-state index is 12.3. The highest BCUT2D eigenvalue weighted by Crippen LogP contribution is 2.25. The van der Waals surface area contributed by atoms with Crippen molar-refractivity contribution >= 4 is 9.84 Å². The molecule has 0 saturated carbocycles. The van der Waals surface area contributed by atoms with Crippen LogP contribution in [0.4, 0.5) is 0 Å². The van der Waals surface area contributed by atoms with Crippen LogP contribution in [0.3, 0.4) is 0 Å². The lowest BCUT2D eigenvalue weighted by Gasteiger charge is -2.09. The fourth-order valence-electron chi connectivity index (χ4n) is 2.58. The van der Waals surface area contributed by atoms with Gasteiger partial charge in [0, 0.05) is 12.0 Å². The Morgan fingerprint density at radius 1 is 1.14 bits per heavy atom. The van der Waals surface area contributed by atoms with Crippen LogP contribution < -0.4 is 5.73 Å². The van der Waals surface area contributed by atoms with Crippen molar-refractivity contribution in [1.82, 2.24) is 20.2 Å². The third-order valence-corrected chi connectivity index (χ3v) is 6.49. The third kappa shape index (κ3) is 4.10. The Morgan fingerprint density at radius 2 is 1.86 bits per heavy atom. The van der Waals surface area contributed by atoms with Crippen molar-refractivity contribution in [3.63, 3.8) is 0 Å². The Morgan fingerprint density at radius 3 is 2.50 bits per heavy atom. The summed E-state index contributed by atoms with van der Waals surface area (Å²) < 4.78 is 30.2. The van der Waals surface area contributed by atoms with E-state index in [1.807, 2.05) is 6.92 Å². The van der Waals surface area contributed by atoms with Gasteiger partial charge in [0.25, 0.3) is 5.89 Å². The van der Waals surface area contributed by atoms with E-state index < -0.39 is 15.1 Å². The van der Waals surface area contributed by atoms with E-state index in [9.17, 15) is 8.42 Å². The number of hydrogen-bond acceptors (Lipinski definition) is 8. The number of rotatable bonds is 7. The summed E-state index contributed by atoms with van der Waals surface area (Å²) in [6, 6.07) is 6.62. The highest BCUT2D eigenvalue weighted by Gasteiger charge is 2.19. The number of benzene rings is 1. The summed E-state index contributed by atoms with van der Waals surface area (Å²) in [4.78, 5) is 9.26. The van der Waals surface area contributed by atoms with E-state index in [0.717, 1.165) is 12.0 Å². The van der Waals surface area contributed by atoms with E-state index in [-0.39, 0.29) is 4.90 Å². The van der Waals surface area contributed by atoms with E-state index >= 15 is 0 Å². The highest BCUT2D eigenvalue weighted by molar-refractivity contribution is 7.92. The second kappa shape index (κ2) is 8.15. The number of aromatic nitrogens is 4. The first-order valence-corrected chi connectivity index (χ1v) is 10.6. The molecular formula is C19H23N5O3S. The summed E-state index contributed by atoms with van der Waals surface area (Å²) in [7, 11) is -3.32. The summed E-state index contributed by atoms with van der Waals surface area (Å²) >= 11 is 0. The lowest BCUT2D eigenvalue weighted by molar-refractivity contribution is 0.497. The fraction of sp³-hybridized carbons (Fsp3) is 0.368. The smallest absolute Gasteiger partial charge is 0.268 e. The Balaban J connectivity index is 1.92. The first-order chi connectivity index (χ1) is 13.3. The zero-order chi connectivity index (χ0) is 20.3. The number of aryl methyl sites for hydroxylation is 2. The van der Waals surface area contributed by atoms with Gasteiger partial charge in [-0.15, -0.1) is 10.2 Å². The molecule has 148 valence electrons. The van der Waals surface area contributed by atoms with E-state index in [2.05, 4.69) is 20.2 Å². The fourth-order valence-corrected chi connectivity index (χ4v) is 3.64. The summed E-state index contributed by atoms with van der Waals surface area (Å²) in [6.45, 7) is 5.68. The molecule has 0 unspecified atom stereocenters. The summed E-state index contributed by atoms with van der Waals surface area (Å²) in [5.41, 5.74) is 8.02. The number of nitrogens with two attached hydrogens (primary N) is 1. The molecule has 0 saturated heterocycles. The quantitative estimate of drug-likeness (QED) is 0.640. The minimum absolute atomic E-state index is 0.285. The molecule has 0 fully saturated rings. The van der Waals surface area contributed by atoms with Gasteiger partial charge in [-0.1, -0.05) is 12.1 Å². The van der Waals surface area contributed by atoms with Gasteiger partial charge < -0.3 is 10.2 Å². The summed E-state index contributed by atoms with van der Waals surface area (Å²) in [5, 5.41) is 7.61. The largest absolute Gasteiger partial charge is 0.419 e. The van der Waals surface area contributed by atoms with Crippen LogP contribution in [-0.4, -0.2) is 40.4 Å². The van der Waals surface area contributed by atoms with Crippen LogP contribution in [0.5, 0.6) is 0 Å². The molecule has 9 heteroatoms. The highest BCUT2D eigenvalue weighted by atomic mass is 32.2.